The summed E-state index contributed by atoms with van der Waals surface area (Å²) in [6, 6.07) is 15.3. The summed E-state index contributed by atoms with van der Waals surface area (Å²) < 4.78 is 3.58. The van der Waals surface area contributed by atoms with Gasteiger partial charge >= 0.3 is 0 Å². The lowest BCUT2D eigenvalue weighted by Crippen LogP contribution is -2.06. The molecule has 0 N–H and O–H groups in total. The monoisotopic (exact) mass is 288 g/mol. The number of pyridine rings is 2. The van der Waals surface area contributed by atoms with Crippen molar-refractivity contribution in [2.45, 2.75) is 0 Å². The van der Waals surface area contributed by atoms with Crippen LogP contribution in [0.2, 0.25) is 0 Å². The fraction of sp³-hybridized carbons (Fsp3) is 0. The highest BCUT2D eigenvalue weighted by molar-refractivity contribution is 5.59. The number of hydrogen-bond acceptors (Lipinski definition) is 4. The normalized spacial score (nSPS) is 10.7. The molecule has 0 saturated heterocycles. The minimum atomic E-state index is 0.760. The van der Waals surface area contributed by atoms with E-state index in [-0.39, 0.29) is 0 Å². The first-order valence-electron chi connectivity index (χ1n) is 6.85. The van der Waals surface area contributed by atoms with Gasteiger partial charge in [0.1, 0.15) is 0 Å². The maximum atomic E-state index is 4.37. The fourth-order valence-electron chi connectivity index (χ4n) is 2.32. The summed E-state index contributed by atoms with van der Waals surface area (Å²) in [6.45, 7) is 0. The van der Waals surface area contributed by atoms with Crippen LogP contribution in [0, 0.1) is 0 Å². The Bertz CT molecular complexity index is 803. The lowest BCUT2D eigenvalue weighted by Gasteiger charge is -2.08. The van der Waals surface area contributed by atoms with E-state index < -0.39 is 0 Å². The fourth-order valence-corrected chi connectivity index (χ4v) is 2.32. The zero-order valence-corrected chi connectivity index (χ0v) is 11.6. The Hall–Kier alpha value is -3.28. The van der Waals surface area contributed by atoms with E-state index >= 15 is 0 Å². The zero-order chi connectivity index (χ0) is 14.8. The average molecular weight is 288 g/mol. The maximum absolute atomic E-state index is 4.37. The maximum Gasteiger partial charge on any atom is 0.154 e. The molecule has 0 bridgehead atoms. The van der Waals surface area contributed by atoms with Crippen molar-refractivity contribution in [1.29, 1.82) is 0 Å². The molecule has 0 amide bonds. The standard InChI is InChI=1S/C16H12N6/c1-3-9-17-15(5-1)21-13(7-11-19-21)14-8-12-20-22(14)16-6-2-4-10-18-16/h1-12H. The van der Waals surface area contributed by atoms with Gasteiger partial charge in [0, 0.05) is 12.4 Å². The van der Waals surface area contributed by atoms with Crippen LogP contribution < -0.4 is 0 Å². The average Bonchev–Trinajstić information content (AvgIpc) is 3.25. The summed E-state index contributed by atoms with van der Waals surface area (Å²) in [4.78, 5) is 8.70. The third kappa shape index (κ3) is 2.07. The van der Waals surface area contributed by atoms with E-state index in [9.17, 15) is 0 Å². The van der Waals surface area contributed by atoms with Crippen LogP contribution in [0.15, 0.2) is 73.3 Å². The molecular formula is C16H12N6. The molecule has 0 aliphatic rings. The molecule has 0 spiro atoms. The molecule has 0 radical (unpaired) electrons. The Morgan fingerprint density at radius 2 is 1.05 bits per heavy atom. The van der Waals surface area contributed by atoms with Gasteiger partial charge in [-0.05, 0) is 36.4 Å². The van der Waals surface area contributed by atoms with Crippen molar-refractivity contribution in [3.63, 3.8) is 0 Å². The van der Waals surface area contributed by atoms with Gasteiger partial charge in [-0.25, -0.2) is 19.3 Å². The Morgan fingerprint density at radius 3 is 1.45 bits per heavy atom. The van der Waals surface area contributed by atoms with Crippen molar-refractivity contribution in [2.24, 2.45) is 0 Å². The van der Waals surface area contributed by atoms with Gasteiger partial charge in [-0.3, -0.25) is 0 Å². The number of rotatable bonds is 3. The van der Waals surface area contributed by atoms with Crippen LogP contribution in [0.5, 0.6) is 0 Å². The van der Waals surface area contributed by atoms with Crippen molar-refractivity contribution in [3.05, 3.63) is 73.3 Å². The van der Waals surface area contributed by atoms with Gasteiger partial charge < -0.3 is 0 Å². The predicted octanol–water partition coefficient (Wildman–Crippen LogP) is 2.51. The first-order chi connectivity index (χ1) is 10.9. The number of aromatic nitrogens is 6. The third-order valence-corrected chi connectivity index (χ3v) is 3.28. The number of hydrogen-bond donors (Lipinski definition) is 0. The molecule has 0 unspecified atom stereocenters. The minimum Gasteiger partial charge on any atom is -0.237 e. The molecule has 22 heavy (non-hydrogen) atoms. The Kier molecular flexibility index (Phi) is 2.97. The van der Waals surface area contributed by atoms with Crippen LogP contribution in [0.1, 0.15) is 0 Å². The van der Waals surface area contributed by atoms with E-state index in [1.807, 2.05) is 48.5 Å². The van der Waals surface area contributed by atoms with Crippen molar-refractivity contribution >= 4 is 0 Å². The first kappa shape index (κ1) is 12.5. The van der Waals surface area contributed by atoms with E-state index in [1.54, 1.807) is 34.2 Å². The third-order valence-electron chi connectivity index (χ3n) is 3.28. The SMILES string of the molecule is c1ccc(-n2nccc2-c2ccnn2-c2ccccn2)nc1. The van der Waals surface area contributed by atoms with Crippen LogP contribution in [-0.2, 0) is 0 Å². The van der Waals surface area contributed by atoms with Crippen LogP contribution >= 0.6 is 0 Å². The first-order valence-corrected chi connectivity index (χ1v) is 6.85. The quantitative estimate of drug-likeness (QED) is 0.581. The van der Waals surface area contributed by atoms with Crippen LogP contribution in [-0.4, -0.2) is 29.5 Å². The molecule has 0 saturated carbocycles. The summed E-state index contributed by atoms with van der Waals surface area (Å²) in [5.41, 5.74) is 1.81. The molecule has 4 aromatic rings. The highest BCUT2D eigenvalue weighted by Crippen LogP contribution is 2.23. The Balaban J connectivity index is 1.86. The highest BCUT2D eigenvalue weighted by Gasteiger charge is 2.14. The second-order valence-electron chi connectivity index (χ2n) is 4.63. The summed E-state index contributed by atoms with van der Waals surface area (Å²) in [7, 11) is 0. The summed E-state index contributed by atoms with van der Waals surface area (Å²) >= 11 is 0. The molecule has 0 aliphatic heterocycles. The largest absolute Gasteiger partial charge is 0.237 e. The number of nitrogens with zero attached hydrogens (tertiary/aromatic N) is 6. The van der Waals surface area contributed by atoms with Crippen LogP contribution in [0.3, 0.4) is 0 Å². The Labute approximate surface area is 126 Å². The molecule has 6 heteroatoms. The van der Waals surface area contributed by atoms with Gasteiger partial charge in [-0.15, -0.1) is 0 Å². The molecule has 4 heterocycles. The highest BCUT2D eigenvalue weighted by atomic mass is 15.4. The second kappa shape index (κ2) is 5.25. The van der Waals surface area contributed by atoms with Crippen LogP contribution in [0.25, 0.3) is 23.0 Å². The molecular weight excluding hydrogens is 276 g/mol. The molecule has 0 fully saturated rings. The zero-order valence-electron chi connectivity index (χ0n) is 11.6. The Morgan fingerprint density at radius 1 is 0.545 bits per heavy atom. The lowest BCUT2D eigenvalue weighted by molar-refractivity contribution is 0.817. The van der Waals surface area contributed by atoms with Gasteiger partial charge in [0.05, 0.1) is 23.8 Å². The van der Waals surface area contributed by atoms with E-state index in [2.05, 4.69) is 20.2 Å². The predicted molar refractivity (Wildman–Crippen MR) is 81.7 cm³/mol. The van der Waals surface area contributed by atoms with E-state index in [4.69, 9.17) is 0 Å². The second-order valence-corrected chi connectivity index (χ2v) is 4.63. The van der Waals surface area contributed by atoms with Crippen molar-refractivity contribution in [3.8, 4) is 23.0 Å². The topological polar surface area (TPSA) is 61.4 Å². The van der Waals surface area contributed by atoms with Crippen molar-refractivity contribution < 1.29 is 0 Å². The molecule has 6 nitrogen and oxygen atoms in total. The van der Waals surface area contributed by atoms with Crippen molar-refractivity contribution in [1.82, 2.24) is 29.5 Å². The van der Waals surface area contributed by atoms with Crippen LogP contribution in [0.4, 0.5) is 0 Å². The van der Waals surface area contributed by atoms with Gasteiger partial charge in [0.15, 0.2) is 11.6 Å². The van der Waals surface area contributed by atoms with Gasteiger partial charge in [0.25, 0.3) is 0 Å². The molecule has 0 atom stereocenters. The smallest absolute Gasteiger partial charge is 0.154 e. The van der Waals surface area contributed by atoms with Gasteiger partial charge in [-0.2, -0.15) is 10.2 Å². The van der Waals surface area contributed by atoms with Gasteiger partial charge in [-0.1, -0.05) is 12.1 Å². The van der Waals surface area contributed by atoms with E-state index in [0.717, 1.165) is 23.0 Å². The minimum absolute atomic E-state index is 0.760. The molecule has 0 aliphatic carbocycles. The lowest BCUT2D eigenvalue weighted by atomic mass is 10.3. The molecule has 4 aromatic heterocycles. The molecule has 4 rings (SSSR count). The molecule has 106 valence electrons. The van der Waals surface area contributed by atoms with Crippen molar-refractivity contribution in [2.75, 3.05) is 0 Å². The van der Waals surface area contributed by atoms with E-state index in [1.165, 1.54) is 0 Å². The summed E-state index contributed by atoms with van der Waals surface area (Å²) in [6.07, 6.45) is 6.99. The van der Waals surface area contributed by atoms with E-state index in [0.29, 0.717) is 0 Å². The van der Waals surface area contributed by atoms with Gasteiger partial charge in [0.2, 0.25) is 0 Å². The summed E-state index contributed by atoms with van der Waals surface area (Å²) in [5, 5.41) is 8.74. The molecule has 0 aromatic carbocycles. The summed E-state index contributed by atoms with van der Waals surface area (Å²) in [5.74, 6) is 1.52.